The SMILES string of the molecule is CC(C)c1ccc(/C=C2/C(=O)NC(=O)c3ccccc32)cc1. The number of carbonyl (C=O) groups excluding carboxylic acids is 2. The lowest BCUT2D eigenvalue weighted by atomic mass is 9.93. The predicted molar refractivity (Wildman–Crippen MR) is 87.3 cm³/mol. The first-order chi connectivity index (χ1) is 10.6. The van der Waals surface area contributed by atoms with Crippen LogP contribution in [0.25, 0.3) is 11.6 Å². The first kappa shape index (κ1) is 14.3. The fraction of sp³-hybridized carbons (Fsp3) is 0.158. The van der Waals surface area contributed by atoms with Crippen LogP contribution in [-0.4, -0.2) is 11.8 Å². The van der Waals surface area contributed by atoms with Crippen molar-refractivity contribution < 1.29 is 9.59 Å². The van der Waals surface area contributed by atoms with Gasteiger partial charge in [-0.3, -0.25) is 14.9 Å². The zero-order valence-corrected chi connectivity index (χ0v) is 12.6. The molecule has 2 aromatic carbocycles. The Hall–Kier alpha value is -2.68. The third kappa shape index (κ3) is 2.58. The van der Waals surface area contributed by atoms with Crippen LogP contribution in [0, 0.1) is 0 Å². The van der Waals surface area contributed by atoms with E-state index >= 15 is 0 Å². The Morgan fingerprint density at radius 3 is 2.14 bits per heavy atom. The molecular weight excluding hydrogens is 274 g/mol. The van der Waals surface area contributed by atoms with E-state index in [-0.39, 0.29) is 11.8 Å². The summed E-state index contributed by atoms with van der Waals surface area (Å²) in [6, 6.07) is 15.3. The standard InChI is InChI=1S/C19H17NO2/c1-12(2)14-9-7-13(8-10-14)11-17-15-5-3-4-6-16(15)18(21)20-19(17)22/h3-12H,1-2H3,(H,20,21,22)/b17-11+. The van der Waals surface area contributed by atoms with Crippen molar-refractivity contribution in [1.82, 2.24) is 5.32 Å². The van der Waals surface area contributed by atoms with E-state index in [1.165, 1.54) is 5.56 Å². The lowest BCUT2D eigenvalue weighted by Gasteiger charge is -2.18. The van der Waals surface area contributed by atoms with E-state index in [2.05, 4.69) is 31.3 Å². The number of nitrogens with one attached hydrogen (secondary N) is 1. The lowest BCUT2D eigenvalue weighted by Crippen LogP contribution is -2.36. The molecule has 0 saturated heterocycles. The zero-order valence-electron chi connectivity index (χ0n) is 12.6. The Morgan fingerprint density at radius 1 is 0.864 bits per heavy atom. The molecule has 0 aliphatic carbocycles. The van der Waals surface area contributed by atoms with Crippen molar-refractivity contribution in [1.29, 1.82) is 0 Å². The second-order valence-corrected chi connectivity index (χ2v) is 5.71. The number of rotatable bonds is 2. The molecule has 0 unspecified atom stereocenters. The van der Waals surface area contributed by atoms with Crippen LogP contribution in [-0.2, 0) is 4.79 Å². The van der Waals surface area contributed by atoms with Crippen LogP contribution < -0.4 is 5.32 Å². The molecule has 1 N–H and O–H groups in total. The molecule has 22 heavy (non-hydrogen) atoms. The van der Waals surface area contributed by atoms with Gasteiger partial charge < -0.3 is 0 Å². The summed E-state index contributed by atoms with van der Waals surface area (Å²) in [5.41, 5.74) is 3.94. The van der Waals surface area contributed by atoms with Crippen molar-refractivity contribution in [3.05, 3.63) is 70.8 Å². The van der Waals surface area contributed by atoms with Crippen molar-refractivity contribution in [3.63, 3.8) is 0 Å². The molecule has 0 saturated carbocycles. The number of amides is 2. The van der Waals surface area contributed by atoms with Crippen LogP contribution in [0.5, 0.6) is 0 Å². The van der Waals surface area contributed by atoms with Gasteiger partial charge in [0.05, 0.1) is 0 Å². The van der Waals surface area contributed by atoms with Gasteiger partial charge in [-0.2, -0.15) is 0 Å². The molecule has 0 bridgehead atoms. The molecule has 1 aliphatic rings. The van der Waals surface area contributed by atoms with Gasteiger partial charge in [0.2, 0.25) is 0 Å². The van der Waals surface area contributed by atoms with Crippen molar-refractivity contribution in [2.75, 3.05) is 0 Å². The third-order valence-corrected chi connectivity index (χ3v) is 3.85. The molecule has 110 valence electrons. The van der Waals surface area contributed by atoms with Gasteiger partial charge in [-0.15, -0.1) is 0 Å². The Labute approximate surface area is 129 Å². The molecule has 1 aliphatic heterocycles. The van der Waals surface area contributed by atoms with Crippen molar-refractivity contribution in [2.24, 2.45) is 0 Å². The Morgan fingerprint density at radius 2 is 1.50 bits per heavy atom. The molecule has 3 nitrogen and oxygen atoms in total. The van der Waals surface area contributed by atoms with Gasteiger partial charge in [-0.05, 0) is 34.8 Å². The molecular formula is C19H17NO2. The Bertz CT molecular complexity index is 770. The summed E-state index contributed by atoms with van der Waals surface area (Å²) in [6.07, 6.45) is 1.82. The highest BCUT2D eigenvalue weighted by Gasteiger charge is 2.26. The molecule has 2 amide bonds. The van der Waals surface area contributed by atoms with E-state index < -0.39 is 0 Å². The van der Waals surface area contributed by atoms with Crippen LogP contribution in [0.1, 0.15) is 46.8 Å². The number of hydrogen-bond donors (Lipinski definition) is 1. The molecule has 0 atom stereocenters. The largest absolute Gasteiger partial charge is 0.288 e. The highest BCUT2D eigenvalue weighted by molar-refractivity contribution is 6.33. The van der Waals surface area contributed by atoms with E-state index in [1.54, 1.807) is 18.2 Å². The maximum Gasteiger partial charge on any atom is 0.258 e. The fourth-order valence-corrected chi connectivity index (χ4v) is 2.56. The average molecular weight is 291 g/mol. The highest BCUT2D eigenvalue weighted by Crippen LogP contribution is 2.26. The van der Waals surface area contributed by atoms with Crippen molar-refractivity contribution in [3.8, 4) is 0 Å². The molecule has 0 fully saturated rings. The summed E-state index contributed by atoms with van der Waals surface area (Å²) >= 11 is 0. The third-order valence-electron chi connectivity index (χ3n) is 3.85. The molecule has 0 aromatic heterocycles. The maximum absolute atomic E-state index is 12.1. The summed E-state index contributed by atoms with van der Waals surface area (Å²) in [6.45, 7) is 4.29. The maximum atomic E-state index is 12.1. The number of imide groups is 1. The minimum Gasteiger partial charge on any atom is -0.288 e. The molecule has 3 heteroatoms. The number of carbonyl (C=O) groups is 2. The van der Waals surface area contributed by atoms with Gasteiger partial charge in [0.1, 0.15) is 0 Å². The first-order valence-electron chi connectivity index (χ1n) is 7.33. The quantitative estimate of drug-likeness (QED) is 0.678. The van der Waals surface area contributed by atoms with Crippen LogP contribution in [0.15, 0.2) is 48.5 Å². The highest BCUT2D eigenvalue weighted by atomic mass is 16.2. The first-order valence-corrected chi connectivity index (χ1v) is 7.33. The topological polar surface area (TPSA) is 46.2 Å². The van der Waals surface area contributed by atoms with Crippen molar-refractivity contribution >= 4 is 23.5 Å². The smallest absolute Gasteiger partial charge is 0.258 e. The van der Waals surface area contributed by atoms with Crippen LogP contribution in [0.2, 0.25) is 0 Å². The van der Waals surface area contributed by atoms with Gasteiger partial charge in [0.25, 0.3) is 11.8 Å². The van der Waals surface area contributed by atoms with Crippen LogP contribution >= 0.6 is 0 Å². The van der Waals surface area contributed by atoms with Crippen LogP contribution in [0.4, 0.5) is 0 Å². The van der Waals surface area contributed by atoms with E-state index in [0.29, 0.717) is 22.6 Å². The minimum atomic E-state index is -0.350. The fourth-order valence-electron chi connectivity index (χ4n) is 2.56. The molecule has 2 aromatic rings. The van der Waals surface area contributed by atoms with Gasteiger partial charge in [0, 0.05) is 11.1 Å². The molecule has 3 rings (SSSR count). The van der Waals surface area contributed by atoms with Crippen molar-refractivity contribution in [2.45, 2.75) is 19.8 Å². The zero-order chi connectivity index (χ0) is 15.7. The number of fused-ring (bicyclic) bond motifs is 1. The summed E-state index contributed by atoms with van der Waals surface area (Å²) < 4.78 is 0. The summed E-state index contributed by atoms with van der Waals surface area (Å²) in [7, 11) is 0. The van der Waals surface area contributed by atoms with Crippen LogP contribution in [0.3, 0.4) is 0 Å². The van der Waals surface area contributed by atoms with Gasteiger partial charge >= 0.3 is 0 Å². The molecule has 0 spiro atoms. The van der Waals surface area contributed by atoms with Gasteiger partial charge in [-0.25, -0.2) is 0 Å². The molecule has 1 heterocycles. The summed E-state index contributed by atoms with van der Waals surface area (Å²) in [5, 5.41) is 2.39. The van der Waals surface area contributed by atoms with E-state index in [1.807, 2.05) is 24.3 Å². The minimum absolute atomic E-state index is 0.340. The summed E-state index contributed by atoms with van der Waals surface area (Å²) in [5.74, 6) is -0.220. The second kappa shape index (κ2) is 5.60. The van der Waals surface area contributed by atoms with E-state index in [9.17, 15) is 9.59 Å². The normalized spacial score (nSPS) is 15.9. The number of hydrogen-bond acceptors (Lipinski definition) is 2. The monoisotopic (exact) mass is 291 g/mol. The summed E-state index contributed by atoms with van der Waals surface area (Å²) in [4.78, 5) is 24.0. The average Bonchev–Trinajstić information content (AvgIpc) is 2.52. The Balaban J connectivity index is 2.05. The molecule has 0 radical (unpaired) electrons. The van der Waals surface area contributed by atoms with E-state index in [0.717, 1.165) is 5.56 Å². The van der Waals surface area contributed by atoms with Gasteiger partial charge in [0.15, 0.2) is 0 Å². The number of benzene rings is 2. The lowest BCUT2D eigenvalue weighted by molar-refractivity contribution is -0.114. The van der Waals surface area contributed by atoms with E-state index in [4.69, 9.17) is 0 Å². The van der Waals surface area contributed by atoms with Gasteiger partial charge in [-0.1, -0.05) is 56.3 Å². The predicted octanol–water partition coefficient (Wildman–Crippen LogP) is 3.62. The second-order valence-electron chi connectivity index (χ2n) is 5.71. The Kier molecular flexibility index (Phi) is 3.63.